The lowest BCUT2D eigenvalue weighted by atomic mass is 9.97. The zero-order chi connectivity index (χ0) is 19.3. The SMILES string of the molecule is O=C(NCc1nnc2n1CCOCC2)NCC1CCN(CC(F)(F)F)CC1. The minimum absolute atomic E-state index is 0.196. The number of likely N-dealkylation sites (tertiary alicyclic amines) is 1. The number of alkyl halides is 3. The molecule has 2 aliphatic rings. The van der Waals surface area contributed by atoms with Crippen molar-refractivity contribution in [2.24, 2.45) is 5.92 Å². The number of nitrogens with one attached hydrogen (secondary N) is 2. The van der Waals surface area contributed by atoms with Gasteiger partial charge in [0.1, 0.15) is 5.82 Å². The van der Waals surface area contributed by atoms with Gasteiger partial charge in [0, 0.05) is 19.5 Å². The fourth-order valence-corrected chi connectivity index (χ4v) is 3.43. The third-order valence-electron chi connectivity index (χ3n) is 4.90. The van der Waals surface area contributed by atoms with Gasteiger partial charge in [-0.15, -0.1) is 10.2 Å². The van der Waals surface area contributed by atoms with Gasteiger partial charge in [0.2, 0.25) is 0 Å². The Balaban J connectivity index is 1.36. The minimum Gasteiger partial charge on any atom is -0.379 e. The molecule has 2 amide bonds. The molecule has 0 aliphatic carbocycles. The maximum absolute atomic E-state index is 12.4. The Morgan fingerprint density at radius 2 is 1.93 bits per heavy atom. The molecule has 152 valence electrons. The van der Waals surface area contributed by atoms with E-state index in [2.05, 4.69) is 20.8 Å². The van der Waals surface area contributed by atoms with Crippen LogP contribution in [0.15, 0.2) is 0 Å². The number of hydrogen-bond acceptors (Lipinski definition) is 5. The predicted molar refractivity (Wildman–Crippen MR) is 90.0 cm³/mol. The highest BCUT2D eigenvalue weighted by molar-refractivity contribution is 5.73. The highest BCUT2D eigenvalue weighted by Crippen LogP contribution is 2.22. The average Bonchev–Trinajstić information content (AvgIpc) is 2.84. The number of fused-ring (bicyclic) bond motifs is 1. The first-order valence-corrected chi connectivity index (χ1v) is 9.20. The van der Waals surface area contributed by atoms with Crippen LogP contribution in [0.1, 0.15) is 24.5 Å². The van der Waals surface area contributed by atoms with Crippen molar-refractivity contribution in [3.8, 4) is 0 Å². The number of ether oxygens (including phenoxy) is 1. The molecule has 8 nitrogen and oxygen atoms in total. The lowest BCUT2D eigenvalue weighted by Crippen LogP contribution is -2.44. The van der Waals surface area contributed by atoms with Gasteiger partial charge in [-0.3, -0.25) is 4.90 Å². The molecule has 3 heterocycles. The summed E-state index contributed by atoms with van der Waals surface area (Å²) in [6, 6.07) is -0.310. The summed E-state index contributed by atoms with van der Waals surface area (Å²) in [5, 5.41) is 13.8. The Labute approximate surface area is 155 Å². The van der Waals surface area contributed by atoms with Crippen molar-refractivity contribution in [1.29, 1.82) is 0 Å². The number of carbonyl (C=O) groups is 1. The molecule has 0 spiro atoms. The van der Waals surface area contributed by atoms with E-state index >= 15 is 0 Å². The van der Waals surface area contributed by atoms with Crippen molar-refractivity contribution in [3.63, 3.8) is 0 Å². The van der Waals surface area contributed by atoms with Gasteiger partial charge < -0.3 is 19.9 Å². The van der Waals surface area contributed by atoms with Crippen LogP contribution in [0.3, 0.4) is 0 Å². The number of amides is 2. The van der Waals surface area contributed by atoms with Crippen molar-refractivity contribution in [1.82, 2.24) is 30.3 Å². The second-order valence-corrected chi connectivity index (χ2v) is 6.94. The Morgan fingerprint density at radius 3 is 2.67 bits per heavy atom. The molecule has 1 aromatic heterocycles. The third kappa shape index (κ3) is 6.06. The van der Waals surface area contributed by atoms with E-state index in [0.717, 1.165) is 5.82 Å². The van der Waals surface area contributed by atoms with Gasteiger partial charge >= 0.3 is 12.2 Å². The summed E-state index contributed by atoms with van der Waals surface area (Å²) in [6.07, 6.45) is -2.16. The van der Waals surface area contributed by atoms with Gasteiger partial charge in [-0.25, -0.2) is 4.79 Å². The molecule has 0 aromatic carbocycles. The molecule has 0 unspecified atom stereocenters. The first kappa shape index (κ1) is 19.9. The lowest BCUT2D eigenvalue weighted by Gasteiger charge is -2.32. The molecule has 0 saturated carbocycles. The molecule has 1 fully saturated rings. The molecule has 27 heavy (non-hydrogen) atoms. The monoisotopic (exact) mass is 390 g/mol. The summed E-state index contributed by atoms with van der Waals surface area (Å²) in [7, 11) is 0. The highest BCUT2D eigenvalue weighted by Gasteiger charge is 2.32. The van der Waals surface area contributed by atoms with E-state index in [1.54, 1.807) is 0 Å². The van der Waals surface area contributed by atoms with E-state index in [-0.39, 0.29) is 18.5 Å². The van der Waals surface area contributed by atoms with Gasteiger partial charge in [-0.05, 0) is 31.8 Å². The topological polar surface area (TPSA) is 84.3 Å². The quantitative estimate of drug-likeness (QED) is 0.781. The Hall–Kier alpha value is -1.88. The Morgan fingerprint density at radius 1 is 1.15 bits per heavy atom. The number of urea groups is 1. The summed E-state index contributed by atoms with van der Waals surface area (Å²) in [6.45, 7) is 2.55. The van der Waals surface area contributed by atoms with Crippen LogP contribution >= 0.6 is 0 Å². The van der Waals surface area contributed by atoms with Crippen LogP contribution in [0, 0.1) is 5.92 Å². The zero-order valence-electron chi connectivity index (χ0n) is 15.1. The van der Waals surface area contributed by atoms with E-state index in [1.807, 2.05) is 4.57 Å². The van der Waals surface area contributed by atoms with Gasteiger partial charge in [-0.2, -0.15) is 13.2 Å². The van der Waals surface area contributed by atoms with Gasteiger partial charge in [0.05, 0.1) is 26.3 Å². The number of hydrogen-bond donors (Lipinski definition) is 2. The van der Waals surface area contributed by atoms with Crippen LogP contribution in [0.2, 0.25) is 0 Å². The normalized spacial score (nSPS) is 19.4. The molecule has 0 bridgehead atoms. The Kier molecular flexibility index (Phi) is 6.53. The molecule has 2 aliphatic heterocycles. The largest absolute Gasteiger partial charge is 0.401 e. The zero-order valence-corrected chi connectivity index (χ0v) is 15.1. The van der Waals surface area contributed by atoms with Crippen LogP contribution in [0.4, 0.5) is 18.0 Å². The van der Waals surface area contributed by atoms with E-state index < -0.39 is 12.7 Å². The Bertz CT molecular complexity index is 628. The van der Waals surface area contributed by atoms with Crippen LogP contribution < -0.4 is 10.6 Å². The van der Waals surface area contributed by atoms with Crippen molar-refractivity contribution in [2.75, 3.05) is 39.4 Å². The number of halogens is 3. The van der Waals surface area contributed by atoms with Crippen molar-refractivity contribution in [2.45, 2.75) is 38.5 Å². The number of nitrogens with zero attached hydrogens (tertiary/aromatic N) is 4. The number of aromatic nitrogens is 3. The van der Waals surface area contributed by atoms with Gasteiger partial charge in [0.15, 0.2) is 5.82 Å². The fraction of sp³-hybridized carbons (Fsp3) is 0.812. The van der Waals surface area contributed by atoms with Crippen LogP contribution in [0.5, 0.6) is 0 Å². The van der Waals surface area contributed by atoms with Crippen molar-refractivity contribution < 1.29 is 22.7 Å². The molecule has 2 N–H and O–H groups in total. The average molecular weight is 390 g/mol. The van der Waals surface area contributed by atoms with Crippen molar-refractivity contribution >= 4 is 6.03 Å². The molecular formula is C16H25F3N6O2. The second-order valence-electron chi connectivity index (χ2n) is 6.94. The highest BCUT2D eigenvalue weighted by atomic mass is 19.4. The van der Waals surface area contributed by atoms with Crippen LogP contribution in [0.25, 0.3) is 0 Å². The molecular weight excluding hydrogens is 365 g/mol. The van der Waals surface area contributed by atoms with Crippen LogP contribution in [-0.2, 0) is 24.2 Å². The molecule has 1 saturated heterocycles. The standard InChI is InChI=1S/C16H25F3N6O2/c17-16(18,19)11-24-4-1-12(2-5-24)9-20-15(26)21-10-14-23-22-13-3-7-27-8-6-25(13)14/h12H,1-11H2,(H2,20,21,26). The lowest BCUT2D eigenvalue weighted by molar-refractivity contribution is -0.148. The van der Waals surface area contributed by atoms with Gasteiger partial charge in [0.25, 0.3) is 0 Å². The summed E-state index contributed by atoms with van der Waals surface area (Å²) in [5.41, 5.74) is 0. The first-order valence-electron chi connectivity index (χ1n) is 9.20. The van der Waals surface area contributed by atoms with E-state index in [4.69, 9.17) is 4.74 Å². The smallest absolute Gasteiger partial charge is 0.379 e. The fourth-order valence-electron chi connectivity index (χ4n) is 3.43. The summed E-state index contributed by atoms with van der Waals surface area (Å²) in [5.74, 6) is 1.74. The van der Waals surface area contributed by atoms with Crippen molar-refractivity contribution in [3.05, 3.63) is 11.6 Å². The molecule has 3 rings (SSSR count). The number of carbonyl (C=O) groups excluding carboxylic acids is 1. The minimum atomic E-state index is -4.16. The molecule has 0 radical (unpaired) electrons. The van der Waals surface area contributed by atoms with E-state index in [0.29, 0.717) is 64.5 Å². The summed E-state index contributed by atoms with van der Waals surface area (Å²) >= 11 is 0. The maximum Gasteiger partial charge on any atom is 0.401 e. The number of piperidine rings is 1. The van der Waals surface area contributed by atoms with E-state index in [1.165, 1.54) is 4.90 Å². The van der Waals surface area contributed by atoms with Gasteiger partial charge in [-0.1, -0.05) is 0 Å². The van der Waals surface area contributed by atoms with Crippen LogP contribution in [-0.4, -0.2) is 71.3 Å². The third-order valence-corrected chi connectivity index (χ3v) is 4.90. The van der Waals surface area contributed by atoms with E-state index in [9.17, 15) is 18.0 Å². The maximum atomic E-state index is 12.4. The molecule has 1 aromatic rings. The number of rotatable bonds is 5. The predicted octanol–water partition coefficient (Wildman–Crippen LogP) is 0.924. The molecule has 11 heteroatoms. The molecule has 0 atom stereocenters. The summed E-state index contributed by atoms with van der Waals surface area (Å²) < 4.78 is 44.5. The first-order chi connectivity index (χ1) is 12.9. The second kappa shape index (κ2) is 8.87. The summed E-state index contributed by atoms with van der Waals surface area (Å²) in [4.78, 5) is 13.4.